The van der Waals surface area contributed by atoms with Crippen molar-refractivity contribution in [2.75, 3.05) is 7.11 Å². The molecule has 0 amide bonds. The first kappa shape index (κ1) is 18.5. The van der Waals surface area contributed by atoms with E-state index in [4.69, 9.17) is 14.9 Å². The zero-order valence-corrected chi connectivity index (χ0v) is 12.6. The Morgan fingerprint density at radius 3 is 2.29 bits per heavy atom. The molecule has 2 aromatic carbocycles. The van der Waals surface area contributed by atoms with E-state index in [0.717, 1.165) is 6.08 Å². The van der Waals surface area contributed by atoms with Gasteiger partial charge in [0.2, 0.25) is 0 Å². The minimum atomic E-state index is -1.02. The van der Waals surface area contributed by atoms with Crippen molar-refractivity contribution in [3.8, 4) is 17.2 Å². The maximum absolute atomic E-state index is 10.2. The molecule has 0 unspecified atom stereocenters. The van der Waals surface area contributed by atoms with Gasteiger partial charge >= 0.3 is 5.97 Å². The van der Waals surface area contributed by atoms with Crippen LogP contribution in [-0.2, 0) is 4.79 Å². The maximum atomic E-state index is 10.2. The van der Waals surface area contributed by atoms with E-state index < -0.39 is 10.9 Å². The highest BCUT2D eigenvalue weighted by molar-refractivity contribution is 5.85. The predicted molar refractivity (Wildman–Crippen MR) is 86.1 cm³/mol. The van der Waals surface area contributed by atoms with Crippen LogP contribution in [0.2, 0.25) is 0 Å². The number of non-ortho nitro benzene ring substituents is 1. The fourth-order valence-corrected chi connectivity index (χ4v) is 1.54. The second-order valence-corrected chi connectivity index (χ2v) is 4.38. The van der Waals surface area contributed by atoms with Crippen molar-refractivity contribution in [2.45, 2.75) is 0 Å². The van der Waals surface area contributed by atoms with Gasteiger partial charge in [0.25, 0.3) is 5.69 Å². The number of aromatic hydroxyl groups is 2. The van der Waals surface area contributed by atoms with Crippen molar-refractivity contribution < 1.29 is 29.8 Å². The van der Waals surface area contributed by atoms with Crippen LogP contribution in [0.5, 0.6) is 17.2 Å². The number of hydrogen-bond acceptors (Lipinski definition) is 6. The lowest BCUT2D eigenvalue weighted by atomic mass is 10.2. The van der Waals surface area contributed by atoms with E-state index in [1.165, 1.54) is 43.5 Å². The molecule has 3 N–H and O–H groups in total. The van der Waals surface area contributed by atoms with Crippen LogP contribution < -0.4 is 4.74 Å². The fourth-order valence-electron chi connectivity index (χ4n) is 1.54. The van der Waals surface area contributed by atoms with Gasteiger partial charge in [-0.3, -0.25) is 10.1 Å². The molecule has 0 heterocycles. The molecule has 0 fully saturated rings. The van der Waals surface area contributed by atoms with Crippen molar-refractivity contribution in [3.05, 3.63) is 64.2 Å². The molecular formula is C16H15NO7. The summed E-state index contributed by atoms with van der Waals surface area (Å²) in [5, 5.41) is 36.4. The molecule has 2 rings (SSSR count). The number of carboxylic acid groups (broad SMARTS) is 1. The Bertz CT molecular complexity index is 739. The minimum Gasteiger partial charge on any atom is -0.508 e. The Morgan fingerprint density at radius 2 is 1.79 bits per heavy atom. The topological polar surface area (TPSA) is 130 Å². The van der Waals surface area contributed by atoms with Gasteiger partial charge in [0, 0.05) is 18.2 Å². The van der Waals surface area contributed by atoms with Crippen molar-refractivity contribution in [1.82, 2.24) is 0 Å². The molecule has 0 aliphatic rings. The molecule has 126 valence electrons. The number of aliphatic carboxylic acids is 1. The quantitative estimate of drug-likeness (QED) is 0.445. The van der Waals surface area contributed by atoms with Crippen LogP contribution in [0.25, 0.3) is 6.08 Å². The monoisotopic (exact) mass is 333 g/mol. The number of ether oxygens (including phenoxy) is 1. The van der Waals surface area contributed by atoms with E-state index in [1.54, 1.807) is 12.1 Å². The number of carboxylic acids is 1. The first-order valence-corrected chi connectivity index (χ1v) is 6.55. The Labute approximate surface area is 137 Å². The van der Waals surface area contributed by atoms with Gasteiger partial charge < -0.3 is 20.1 Å². The molecule has 8 heteroatoms. The number of nitro groups is 1. The summed E-state index contributed by atoms with van der Waals surface area (Å²) >= 11 is 0. The lowest BCUT2D eigenvalue weighted by Gasteiger charge is -2.03. The van der Waals surface area contributed by atoms with E-state index >= 15 is 0 Å². The van der Waals surface area contributed by atoms with Gasteiger partial charge in [-0.25, -0.2) is 4.79 Å². The summed E-state index contributed by atoms with van der Waals surface area (Å²) in [5.41, 5.74) is 0.639. The SMILES string of the molecule is COc1cc(C=CC(=O)O)ccc1O.O=[N+]([O-])c1ccc(O)cc1. The molecule has 0 bridgehead atoms. The van der Waals surface area contributed by atoms with Crippen molar-refractivity contribution in [2.24, 2.45) is 0 Å². The first-order valence-electron chi connectivity index (χ1n) is 6.55. The van der Waals surface area contributed by atoms with Gasteiger partial charge in [0.1, 0.15) is 5.75 Å². The van der Waals surface area contributed by atoms with E-state index in [2.05, 4.69) is 0 Å². The zero-order valence-electron chi connectivity index (χ0n) is 12.6. The van der Waals surface area contributed by atoms with Gasteiger partial charge in [0.05, 0.1) is 12.0 Å². The number of nitro benzene ring substituents is 1. The number of methoxy groups -OCH3 is 1. The van der Waals surface area contributed by atoms with Gasteiger partial charge in [-0.2, -0.15) is 0 Å². The molecular weight excluding hydrogens is 318 g/mol. The predicted octanol–water partition coefficient (Wildman–Crippen LogP) is 2.80. The van der Waals surface area contributed by atoms with Crippen LogP contribution in [-0.4, -0.2) is 33.3 Å². The molecule has 0 aromatic heterocycles. The Balaban J connectivity index is 0.000000254. The van der Waals surface area contributed by atoms with E-state index in [1.807, 2.05) is 0 Å². The third kappa shape index (κ3) is 6.06. The van der Waals surface area contributed by atoms with Crippen LogP contribution in [0, 0.1) is 10.1 Å². The number of carbonyl (C=O) groups is 1. The molecule has 0 saturated carbocycles. The number of rotatable bonds is 4. The van der Waals surface area contributed by atoms with Crippen LogP contribution >= 0.6 is 0 Å². The van der Waals surface area contributed by atoms with Crippen molar-refractivity contribution >= 4 is 17.7 Å². The average molecular weight is 333 g/mol. The van der Waals surface area contributed by atoms with Gasteiger partial charge in [-0.05, 0) is 35.9 Å². The molecule has 0 spiro atoms. The third-order valence-corrected chi connectivity index (χ3v) is 2.68. The van der Waals surface area contributed by atoms with Gasteiger partial charge in [0.15, 0.2) is 11.5 Å². The molecule has 24 heavy (non-hydrogen) atoms. The molecule has 2 aromatic rings. The molecule has 0 aliphatic carbocycles. The summed E-state index contributed by atoms with van der Waals surface area (Å²) < 4.78 is 4.86. The second-order valence-electron chi connectivity index (χ2n) is 4.38. The third-order valence-electron chi connectivity index (χ3n) is 2.68. The number of phenolic OH excluding ortho intramolecular Hbond substituents is 2. The van der Waals surface area contributed by atoms with Crippen molar-refractivity contribution in [3.63, 3.8) is 0 Å². The smallest absolute Gasteiger partial charge is 0.328 e. The van der Waals surface area contributed by atoms with E-state index in [9.17, 15) is 20.0 Å². The van der Waals surface area contributed by atoms with Crippen LogP contribution in [0.4, 0.5) is 5.69 Å². The lowest BCUT2D eigenvalue weighted by Crippen LogP contribution is -1.87. The lowest BCUT2D eigenvalue weighted by molar-refractivity contribution is -0.384. The fraction of sp³-hybridized carbons (Fsp3) is 0.0625. The number of nitrogens with zero attached hydrogens (tertiary/aromatic N) is 1. The highest BCUT2D eigenvalue weighted by atomic mass is 16.6. The summed E-state index contributed by atoms with van der Waals surface area (Å²) in [6, 6.07) is 9.63. The second kappa shape index (κ2) is 8.79. The van der Waals surface area contributed by atoms with Crippen LogP contribution in [0.3, 0.4) is 0 Å². The number of hydrogen-bond donors (Lipinski definition) is 3. The Kier molecular flexibility index (Phi) is 6.77. The standard InChI is InChI=1S/C10H10O4.C6H5NO3/c1-14-9-6-7(2-4-8(9)11)3-5-10(12)13;8-6-3-1-5(2-4-6)7(9)10/h2-6,11H,1H3,(H,12,13);1-4,8H. The summed E-state index contributed by atoms with van der Waals surface area (Å²) in [6.07, 6.45) is 2.44. The highest BCUT2D eigenvalue weighted by Crippen LogP contribution is 2.26. The van der Waals surface area contributed by atoms with Gasteiger partial charge in [-0.1, -0.05) is 6.07 Å². The molecule has 0 atom stereocenters. The summed E-state index contributed by atoms with van der Waals surface area (Å²) in [7, 11) is 1.43. The number of phenols is 2. The molecule has 8 nitrogen and oxygen atoms in total. The van der Waals surface area contributed by atoms with Crippen LogP contribution in [0.1, 0.15) is 5.56 Å². The highest BCUT2D eigenvalue weighted by Gasteiger charge is 2.02. The van der Waals surface area contributed by atoms with Gasteiger partial charge in [-0.15, -0.1) is 0 Å². The molecule has 0 aliphatic heterocycles. The van der Waals surface area contributed by atoms with E-state index in [-0.39, 0.29) is 17.2 Å². The van der Waals surface area contributed by atoms with Crippen LogP contribution in [0.15, 0.2) is 48.5 Å². The molecule has 0 saturated heterocycles. The van der Waals surface area contributed by atoms with Crippen molar-refractivity contribution in [1.29, 1.82) is 0 Å². The normalized spacial score (nSPS) is 9.88. The summed E-state index contributed by atoms with van der Waals surface area (Å²) in [6.45, 7) is 0. The maximum Gasteiger partial charge on any atom is 0.328 e. The first-order chi connectivity index (χ1) is 11.3. The zero-order chi connectivity index (χ0) is 18.1. The number of benzene rings is 2. The van der Waals surface area contributed by atoms with E-state index in [0.29, 0.717) is 11.3 Å². The average Bonchev–Trinajstić information content (AvgIpc) is 2.55. The summed E-state index contributed by atoms with van der Waals surface area (Å²) in [4.78, 5) is 19.7. The minimum absolute atomic E-state index is 0.0159. The Hall–Kier alpha value is -3.55. The molecule has 0 radical (unpaired) electrons. The largest absolute Gasteiger partial charge is 0.508 e. The summed E-state index contributed by atoms with van der Waals surface area (Å²) in [5.74, 6) is -0.639. The Morgan fingerprint density at radius 1 is 1.17 bits per heavy atom.